The van der Waals surface area contributed by atoms with Crippen LogP contribution in [-0.4, -0.2) is 26.5 Å². The first kappa shape index (κ1) is 16.5. The maximum absolute atomic E-state index is 12.5. The van der Waals surface area contributed by atoms with Crippen molar-refractivity contribution in [2.75, 3.05) is 6.54 Å². The molecule has 0 spiro atoms. The predicted molar refractivity (Wildman–Crippen MR) is 97.2 cm³/mol. The summed E-state index contributed by atoms with van der Waals surface area (Å²) in [6, 6.07) is 11.7. The first-order valence-electron chi connectivity index (χ1n) is 8.06. The largest absolute Gasteiger partial charge is 0.338 e. The molecule has 0 aliphatic heterocycles. The second kappa shape index (κ2) is 7.05. The van der Waals surface area contributed by atoms with Crippen molar-refractivity contribution in [2.24, 2.45) is 7.05 Å². The highest BCUT2D eigenvalue weighted by Crippen LogP contribution is 2.14. The molecule has 1 aromatic carbocycles. The molecule has 1 amide bonds. The molecule has 3 rings (SSSR count). The van der Waals surface area contributed by atoms with Gasteiger partial charge in [-0.1, -0.05) is 18.2 Å². The van der Waals surface area contributed by atoms with Crippen molar-refractivity contribution in [1.82, 2.24) is 14.0 Å². The van der Waals surface area contributed by atoms with Gasteiger partial charge < -0.3 is 4.90 Å². The molecule has 0 bridgehead atoms. The lowest BCUT2D eigenvalue weighted by Gasteiger charge is -2.20. The van der Waals surface area contributed by atoms with Crippen molar-refractivity contribution in [2.45, 2.75) is 26.4 Å². The molecule has 5 nitrogen and oxygen atoms in total. The molecule has 0 aliphatic carbocycles. The minimum absolute atomic E-state index is 0.0748. The van der Waals surface area contributed by atoms with Gasteiger partial charge in [-0.3, -0.25) is 13.9 Å². The van der Waals surface area contributed by atoms with E-state index in [0.717, 1.165) is 11.0 Å². The third-order valence-corrected chi connectivity index (χ3v) is 5.12. The quantitative estimate of drug-likeness (QED) is 0.691. The van der Waals surface area contributed by atoms with Crippen LogP contribution in [0.15, 0.2) is 46.6 Å². The molecular weight excluding hydrogens is 322 g/mol. The van der Waals surface area contributed by atoms with Crippen LogP contribution in [0.3, 0.4) is 0 Å². The van der Waals surface area contributed by atoms with Gasteiger partial charge in [0.05, 0.1) is 17.6 Å². The molecule has 0 radical (unpaired) electrons. The zero-order valence-electron chi connectivity index (χ0n) is 13.9. The molecule has 0 N–H and O–H groups in total. The number of rotatable bonds is 6. The number of benzene rings is 1. The minimum atomic E-state index is -0.0784. The number of thiophene rings is 1. The smallest absolute Gasteiger partial charge is 0.328 e. The number of nitrogens with zero attached hydrogens (tertiary/aromatic N) is 3. The number of carbonyl (C=O) groups is 1. The Kier molecular flexibility index (Phi) is 4.85. The van der Waals surface area contributed by atoms with Crippen LogP contribution in [0.2, 0.25) is 0 Å². The van der Waals surface area contributed by atoms with E-state index in [0.29, 0.717) is 26.1 Å². The fraction of sp³-hybridized carbons (Fsp3) is 0.333. The zero-order valence-corrected chi connectivity index (χ0v) is 14.8. The molecule has 3 aromatic rings. The lowest BCUT2D eigenvalue weighted by Crippen LogP contribution is -2.32. The normalized spacial score (nSPS) is 11.1. The SMILES string of the molecule is CCN(Cc1cccs1)C(=O)CCn1c(=O)n(C)c2ccccc21. The van der Waals surface area contributed by atoms with E-state index in [2.05, 4.69) is 0 Å². The van der Waals surface area contributed by atoms with E-state index in [1.807, 2.05) is 53.6 Å². The summed E-state index contributed by atoms with van der Waals surface area (Å²) in [6.45, 7) is 3.69. The van der Waals surface area contributed by atoms with Crippen molar-refractivity contribution >= 4 is 28.3 Å². The van der Waals surface area contributed by atoms with Gasteiger partial charge in [0.25, 0.3) is 0 Å². The van der Waals surface area contributed by atoms with Crippen molar-refractivity contribution < 1.29 is 4.79 Å². The van der Waals surface area contributed by atoms with Crippen LogP contribution in [0.25, 0.3) is 11.0 Å². The standard InChI is InChI=1S/C18H21N3O2S/c1-3-20(13-14-7-6-12-24-14)17(22)10-11-21-16-9-5-4-8-15(16)19(2)18(21)23/h4-9,12H,3,10-11,13H2,1-2H3. The summed E-state index contributed by atoms with van der Waals surface area (Å²) < 4.78 is 3.31. The maximum Gasteiger partial charge on any atom is 0.328 e. The topological polar surface area (TPSA) is 47.2 Å². The average molecular weight is 343 g/mol. The Labute approximate surface area is 144 Å². The molecule has 0 fully saturated rings. The Morgan fingerprint density at radius 2 is 1.92 bits per heavy atom. The average Bonchev–Trinajstić information content (AvgIpc) is 3.19. The van der Waals surface area contributed by atoms with Gasteiger partial charge in [0, 0.05) is 31.4 Å². The summed E-state index contributed by atoms with van der Waals surface area (Å²) in [5.74, 6) is 0.0748. The maximum atomic E-state index is 12.5. The Bertz CT molecular complexity index is 893. The molecular formula is C18H21N3O2S. The summed E-state index contributed by atoms with van der Waals surface area (Å²) in [5, 5.41) is 2.02. The molecule has 0 atom stereocenters. The molecule has 0 saturated heterocycles. The third kappa shape index (κ3) is 3.14. The summed E-state index contributed by atoms with van der Waals surface area (Å²) >= 11 is 1.65. The number of aromatic nitrogens is 2. The van der Waals surface area contributed by atoms with Gasteiger partial charge in [0.2, 0.25) is 5.91 Å². The number of amides is 1. The first-order chi connectivity index (χ1) is 11.6. The number of imidazole rings is 1. The highest BCUT2D eigenvalue weighted by atomic mass is 32.1. The van der Waals surface area contributed by atoms with Crippen molar-refractivity contribution in [3.8, 4) is 0 Å². The van der Waals surface area contributed by atoms with Gasteiger partial charge in [-0.25, -0.2) is 4.79 Å². The summed E-state index contributed by atoms with van der Waals surface area (Å²) in [5.41, 5.74) is 1.69. The third-order valence-electron chi connectivity index (χ3n) is 4.26. The number of hydrogen-bond acceptors (Lipinski definition) is 3. The van der Waals surface area contributed by atoms with E-state index in [1.165, 1.54) is 4.88 Å². The number of hydrogen-bond donors (Lipinski definition) is 0. The van der Waals surface area contributed by atoms with Crippen LogP contribution in [0.1, 0.15) is 18.2 Å². The molecule has 0 aliphatic rings. The van der Waals surface area contributed by atoms with Gasteiger partial charge in [-0.15, -0.1) is 11.3 Å². The second-order valence-corrected chi connectivity index (χ2v) is 6.75. The zero-order chi connectivity index (χ0) is 17.1. The Balaban J connectivity index is 1.74. The summed E-state index contributed by atoms with van der Waals surface area (Å²) in [7, 11) is 1.76. The molecule has 0 saturated carbocycles. The molecule has 0 unspecified atom stereocenters. The minimum Gasteiger partial charge on any atom is -0.338 e. The van der Waals surface area contributed by atoms with E-state index in [4.69, 9.17) is 0 Å². The van der Waals surface area contributed by atoms with Crippen LogP contribution in [-0.2, 0) is 24.9 Å². The molecule has 2 aromatic heterocycles. The lowest BCUT2D eigenvalue weighted by atomic mass is 10.3. The molecule has 2 heterocycles. The van der Waals surface area contributed by atoms with Crippen LogP contribution >= 0.6 is 11.3 Å². The van der Waals surface area contributed by atoms with Gasteiger partial charge in [0.15, 0.2) is 0 Å². The monoisotopic (exact) mass is 343 g/mol. The Morgan fingerprint density at radius 3 is 2.58 bits per heavy atom. The lowest BCUT2D eigenvalue weighted by molar-refractivity contribution is -0.131. The molecule has 24 heavy (non-hydrogen) atoms. The van der Waals surface area contributed by atoms with E-state index in [9.17, 15) is 9.59 Å². The van der Waals surface area contributed by atoms with Crippen molar-refractivity contribution in [1.29, 1.82) is 0 Å². The van der Waals surface area contributed by atoms with Crippen LogP contribution in [0.4, 0.5) is 0 Å². The molecule has 126 valence electrons. The number of fused-ring (bicyclic) bond motifs is 1. The summed E-state index contributed by atoms with van der Waals surface area (Å²) in [6.07, 6.45) is 0.327. The van der Waals surface area contributed by atoms with Crippen LogP contribution < -0.4 is 5.69 Å². The fourth-order valence-electron chi connectivity index (χ4n) is 2.91. The van der Waals surface area contributed by atoms with Gasteiger partial charge in [0.1, 0.15) is 0 Å². The Hall–Kier alpha value is -2.34. The highest BCUT2D eigenvalue weighted by molar-refractivity contribution is 7.09. The van der Waals surface area contributed by atoms with Gasteiger partial charge in [-0.05, 0) is 30.5 Å². The molecule has 6 heteroatoms. The van der Waals surface area contributed by atoms with Crippen LogP contribution in [0.5, 0.6) is 0 Å². The number of para-hydroxylation sites is 2. The Morgan fingerprint density at radius 1 is 1.17 bits per heavy atom. The van der Waals surface area contributed by atoms with Crippen molar-refractivity contribution in [3.05, 3.63) is 57.1 Å². The summed E-state index contributed by atoms with van der Waals surface area (Å²) in [4.78, 5) is 27.9. The highest BCUT2D eigenvalue weighted by Gasteiger charge is 2.15. The van der Waals surface area contributed by atoms with Crippen molar-refractivity contribution in [3.63, 3.8) is 0 Å². The van der Waals surface area contributed by atoms with E-state index in [1.54, 1.807) is 27.5 Å². The number of carbonyl (C=O) groups excluding carboxylic acids is 1. The predicted octanol–water partition coefficient (Wildman–Crippen LogP) is 2.84. The van der Waals surface area contributed by atoms with Gasteiger partial charge >= 0.3 is 5.69 Å². The van der Waals surface area contributed by atoms with E-state index >= 15 is 0 Å². The first-order valence-corrected chi connectivity index (χ1v) is 8.94. The van der Waals surface area contributed by atoms with Crippen LogP contribution in [0, 0.1) is 0 Å². The van der Waals surface area contributed by atoms with Gasteiger partial charge in [-0.2, -0.15) is 0 Å². The number of aryl methyl sites for hydroxylation is 2. The fourth-order valence-corrected chi connectivity index (χ4v) is 3.63. The van der Waals surface area contributed by atoms with E-state index in [-0.39, 0.29) is 11.6 Å². The van der Waals surface area contributed by atoms with E-state index < -0.39 is 0 Å². The second-order valence-electron chi connectivity index (χ2n) is 5.72.